The highest BCUT2D eigenvalue weighted by molar-refractivity contribution is 6.20. The van der Waals surface area contributed by atoms with Crippen LogP contribution in [0, 0.1) is 0 Å². The largest absolute Gasteiger partial charge is 0.456 e. The highest BCUT2D eigenvalue weighted by Gasteiger charge is 2.19. The quantitative estimate of drug-likeness (QED) is 0.179. The van der Waals surface area contributed by atoms with Gasteiger partial charge in [-0.05, 0) is 97.7 Å². The van der Waals surface area contributed by atoms with Gasteiger partial charge in [0.05, 0.1) is 11.0 Å². The lowest BCUT2D eigenvalue weighted by Gasteiger charge is -2.12. The lowest BCUT2D eigenvalue weighted by molar-refractivity contribution is 0.669. The monoisotopic (exact) mass is 764 g/mol. The molecule has 10 aromatic carbocycles. The van der Waals surface area contributed by atoms with Crippen LogP contribution in [0.15, 0.2) is 199 Å². The Kier molecular flexibility index (Phi) is 6.95. The van der Waals surface area contributed by atoms with Gasteiger partial charge in [0, 0.05) is 43.9 Å². The van der Waals surface area contributed by atoms with Gasteiger partial charge in [0.15, 0.2) is 17.5 Å². The van der Waals surface area contributed by atoms with E-state index in [4.69, 9.17) is 19.4 Å². The molecule has 3 aromatic heterocycles. The number of para-hydroxylation sites is 1. The summed E-state index contributed by atoms with van der Waals surface area (Å²) in [6.45, 7) is 0. The third kappa shape index (κ3) is 4.96. The van der Waals surface area contributed by atoms with Gasteiger partial charge in [-0.15, -0.1) is 0 Å². The Bertz CT molecular complexity index is 3810. The van der Waals surface area contributed by atoms with Crippen molar-refractivity contribution in [1.82, 2.24) is 19.5 Å². The first-order chi connectivity index (χ1) is 29.7. The summed E-state index contributed by atoms with van der Waals surface area (Å²) in [7, 11) is 0. The van der Waals surface area contributed by atoms with E-state index in [-0.39, 0.29) is 0 Å². The molecule has 0 aliphatic carbocycles. The first kappa shape index (κ1) is 32.9. The van der Waals surface area contributed by atoms with Crippen molar-refractivity contribution < 1.29 is 4.42 Å². The van der Waals surface area contributed by atoms with E-state index in [1.54, 1.807) is 0 Å². The minimum atomic E-state index is 0.602. The minimum absolute atomic E-state index is 0.602. The smallest absolute Gasteiger partial charge is 0.164 e. The molecule has 0 unspecified atom stereocenters. The lowest BCUT2D eigenvalue weighted by Crippen LogP contribution is -2.01. The second-order valence-electron chi connectivity index (χ2n) is 15.6. The zero-order valence-electron chi connectivity index (χ0n) is 32.2. The van der Waals surface area contributed by atoms with E-state index in [1.165, 1.54) is 32.6 Å². The Morgan fingerprint density at radius 2 is 0.900 bits per heavy atom. The van der Waals surface area contributed by atoms with E-state index in [2.05, 4.69) is 199 Å². The number of hydrogen-bond donors (Lipinski definition) is 0. The Hall–Kier alpha value is -8.15. The maximum atomic E-state index is 6.59. The zero-order chi connectivity index (χ0) is 39.3. The minimum Gasteiger partial charge on any atom is -0.456 e. The van der Waals surface area contributed by atoms with Crippen LogP contribution in [0.2, 0.25) is 0 Å². The van der Waals surface area contributed by atoms with Crippen molar-refractivity contribution in [2.24, 2.45) is 0 Å². The molecule has 0 spiro atoms. The second kappa shape index (κ2) is 12.7. The van der Waals surface area contributed by atoms with Crippen LogP contribution in [0.4, 0.5) is 0 Å². The molecular formula is C55H32N4O. The maximum absolute atomic E-state index is 6.59. The molecule has 0 atom stereocenters. The Morgan fingerprint density at radius 3 is 1.63 bits per heavy atom. The zero-order valence-corrected chi connectivity index (χ0v) is 32.2. The molecule has 5 heteroatoms. The summed E-state index contributed by atoms with van der Waals surface area (Å²) in [6.07, 6.45) is 0. The fraction of sp³-hybridized carbons (Fsp3) is 0. The first-order valence-corrected chi connectivity index (χ1v) is 20.3. The maximum Gasteiger partial charge on any atom is 0.164 e. The van der Waals surface area contributed by atoms with Crippen molar-refractivity contribution in [3.8, 4) is 39.9 Å². The molecule has 0 aliphatic rings. The van der Waals surface area contributed by atoms with Gasteiger partial charge in [-0.3, -0.25) is 0 Å². The molecule has 0 saturated carbocycles. The Morgan fingerprint density at radius 1 is 0.333 bits per heavy atom. The van der Waals surface area contributed by atoms with E-state index in [9.17, 15) is 0 Å². The van der Waals surface area contributed by atoms with Crippen LogP contribution in [-0.2, 0) is 0 Å². The summed E-state index contributed by atoms with van der Waals surface area (Å²) >= 11 is 0. The van der Waals surface area contributed by atoms with Crippen molar-refractivity contribution >= 4 is 86.8 Å². The molecule has 278 valence electrons. The molecule has 0 saturated heterocycles. The van der Waals surface area contributed by atoms with E-state index in [0.717, 1.165) is 76.6 Å². The molecule has 0 fully saturated rings. The van der Waals surface area contributed by atoms with Crippen LogP contribution in [0.1, 0.15) is 0 Å². The van der Waals surface area contributed by atoms with Crippen LogP contribution in [0.5, 0.6) is 0 Å². The van der Waals surface area contributed by atoms with E-state index in [0.29, 0.717) is 17.5 Å². The third-order valence-electron chi connectivity index (χ3n) is 12.2. The normalized spacial score (nSPS) is 12.0. The number of furan rings is 1. The molecule has 13 aromatic rings. The molecule has 0 radical (unpaired) electrons. The number of aromatic nitrogens is 4. The van der Waals surface area contributed by atoms with Gasteiger partial charge in [0.1, 0.15) is 11.2 Å². The SMILES string of the molecule is c1ccc2cc3c(cc2c1)c1ccccc1n3-c1ccc2ccc3oc4ccc(-c5nc(-c6cccc7ccccc67)nc(-c6cccc7ccccc67)n5)cc4c3c2c1. The number of rotatable bonds is 4. The molecule has 13 rings (SSSR count). The van der Waals surface area contributed by atoms with Gasteiger partial charge >= 0.3 is 0 Å². The summed E-state index contributed by atoms with van der Waals surface area (Å²) in [5.74, 6) is 1.86. The predicted molar refractivity (Wildman–Crippen MR) is 248 cm³/mol. The number of fused-ring (bicyclic) bond motifs is 11. The van der Waals surface area contributed by atoms with Crippen molar-refractivity contribution in [3.63, 3.8) is 0 Å². The van der Waals surface area contributed by atoms with Crippen LogP contribution in [0.25, 0.3) is 127 Å². The fourth-order valence-corrected chi connectivity index (χ4v) is 9.38. The molecular weight excluding hydrogens is 733 g/mol. The third-order valence-corrected chi connectivity index (χ3v) is 12.2. The van der Waals surface area contributed by atoms with Crippen LogP contribution in [-0.4, -0.2) is 19.5 Å². The highest BCUT2D eigenvalue weighted by Crippen LogP contribution is 2.40. The van der Waals surface area contributed by atoms with Crippen LogP contribution < -0.4 is 0 Å². The topological polar surface area (TPSA) is 56.7 Å². The summed E-state index contributed by atoms with van der Waals surface area (Å²) in [4.78, 5) is 15.7. The van der Waals surface area contributed by atoms with Gasteiger partial charge in [-0.25, -0.2) is 15.0 Å². The number of hydrogen-bond acceptors (Lipinski definition) is 4. The average Bonchev–Trinajstić information content (AvgIpc) is 3.85. The Balaban J connectivity index is 1.04. The van der Waals surface area contributed by atoms with Crippen molar-refractivity contribution in [2.45, 2.75) is 0 Å². The van der Waals surface area contributed by atoms with Gasteiger partial charge in [-0.1, -0.05) is 140 Å². The lowest BCUT2D eigenvalue weighted by atomic mass is 10.0. The summed E-state index contributed by atoms with van der Waals surface area (Å²) in [5, 5.41) is 13.7. The first-order valence-electron chi connectivity index (χ1n) is 20.3. The van der Waals surface area contributed by atoms with Crippen LogP contribution >= 0.6 is 0 Å². The van der Waals surface area contributed by atoms with Crippen molar-refractivity contribution in [1.29, 1.82) is 0 Å². The van der Waals surface area contributed by atoms with E-state index < -0.39 is 0 Å². The number of nitrogens with zero attached hydrogens (tertiary/aromatic N) is 4. The standard InChI is InChI=1S/C55H32N4O/c1-2-14-37-31-49-46(29-36(37)13-1)42-19-7-8-22-48(42)59(49)39-26-23-35-24-28-51-52(45(35)32-39)47-30-38(25-27-50(47)60-51)53-56-54(43-20-9-15-33-11-3-5-17-40(33)43)58-55(57-53)44-21-10-16-34-12-4-6-18-41(34)44/h1-32H. The molecule has 3 heterocycles. The molecule has 0 N–H and O–H groups in total. The van der Waals surface area contributed by atoms with E-state index in [1.807, 2.05) is 0 Å². The molecule has 60 heavy (non-hydrogen) atoms. The highest BCUT2D eigenvalue weighted by atomic mass is 16.3. The molecule has 5 nitrogen and oxygen atoms in total. The average molecular weight is 765 g/mol. The summed E-state index contributed by atoms with van der Waals surface area (Å²) in [5.41, 5.74) is 7.91. The second-order valence-corrected chi connectivity index (χ2v) is 15.6. The van der Waals surface area contributed by atoms with Crippen molar-refractivity contribution in [3.05, 3.63) is 194 Å². The van der Waals surface area contributed by atoms with Crippen molar-refractivity contribution in [2.75, 3.05) is 0 Å². The van der Waals surface area contributed by atoms with Crippen LogP contribution in [0.3, 0.4) is 0 Å². The summed E-state index contributed by atoms with van der Waals surface area (Å²) in [6, 6.07) is 68.7. The molecule has 0 bridgehead atoms. The van der Waals surface area contributed by atoms with Gasteiger partial charge in [0.2, 0.25) is 0 Å². The predicted octanol–water partition coefficient (Wildman–Crippen LogP) is 14.5. The molecule has 0 aliphatic heterocycles. The van der Waals surface area contributed by atoms with Gasteiger partial charge in [-0.2, -0.15) is 0 Å². The Labute approximate surface area is 343 Å². The fourth-order valence-electron chi connectivity index (χ4n) is 9.38. The molecule has 0 amide bonds. The van der Waals surface area contributed by atoms with E-state index >= 15 is 0 Å². The van der Waals surface area contributed by atoms with Gasteiger partial charge in [0.25, 0.3) is 0 Å². The summed E-state index contributed by atoms with van der Waals surface area (Å²) < 4.78 is 8.99. The van der Waals surface area contributed by atoms with Gasteiger partial charge < -0.3 is 8.98 Å². The number of benzene rings is 10.